The summed E-state index contributed by atoms with van der Waals surface area (Å²) in [6.45, 7) is 0.524. The van der Waals surface area contributed by atoms with Gasteiger partial charge >= 0.3 is 12.3 Å². The van der Waals surface area contributed by atoms with E-state index in [-0.39, 0.29) is 18.2 Å². The first-order chi connectivity index (χ1) is 15.4. The predicted octanol–water partition coefficient (Wildman–Crippen LogP) is 6.04. The molecule has 0 spiro atoms. The number of hydrogen-bond acceptors (Lipinski definition) is 3. The molecule has 3 aromatic rings. The summed E-state index contributed by atoms with van der Waals surface area (Å²) in [6, 6.07) is 19.9. The first-order valence-corrected chi connectivity index (χ1v) is 10.2. The van der Waals surface area contributed by atoms with Crippen LogP contribution in [0, 0.1) is 0 Å². The number of halogens is 3. The summed E-state index contributed by atoms with van der Waals surface area (Å²) < 4.78 is 43.5. The van der Waals surface area contributed by atoms with Crippen LogP contribution >= 0.6 is 0 Å². The van der Waals surface area contributed by atoms with E-state index in [4.69, 9.17) is 4.74 Å². The highest BCUT2D eigenvalue weighted by atomic mass is 19.4. The van der Waals surface area contributed by atoms with Gasteiger partial charge in [-0.1, -0.05) is 60.7 Å². The average Bonchev–Trinajstić information content (AvgIpc) is 3.11. The topological polar surface area (TPSA) is 51.2 Å². The molecule has 1 heterocycles. The van der Waals surface area contributed by atoms with E-state index in [9.17, 15) is 18.0 Å². The van der Waals surface area contributed by atoms with Gasteiger partial charge < -0.3 is 10.1 Å². The highest BCUT2D eigenvalue weighted by molar-refractivity contribution is 5.79. The van der Waals surface area contributed by atoms with Crippen molar-refractivity contribution in [2.24, 2.45) is 0 Å². The van der Waals surface area contributed by atoms with Gasteiger partial charge in [0.25, 0.3) is 0 Å². The number of benzene rings is 2. The molecule has 2 aromatic carbocycles. The molecule has 0 unspecified atom stereocenters. The molecule has 4 nitrogen and oxygen atoms in total. The fraction of sp³-hybridized carbons (Fsp3) is 0.200. The molecule has 1 aromatic heterocycles. The van der Waals surface area contributed by atoms with E-state index < -0.39 is 18.0 Å². The van der Waals surface area contributed by atoms with E-state index in [1.165, 1.54) is 18.2 Å². The summed E-state index contributed by atoms with van der Waals surface area (Å²) in [7, 11) is 0. The van der Waals surface area contributed by atoms with Crippen LogP contribution in [0.25, 0.3) is 17.2 Å². The maximum Gasteiger partial charge on any atom is 0.433 e. The van der Waals surface area contributed by atoms with Gasteiger partial charge in [0.05, 0.1) is 5.69 Å². The summed E-state index contributed by atoms with van der Waals surface area (Å²) in [5.41, 5.74) is 3.87. The molecule has 0 saturated heterocycles. The van der Waals surface area contributed by atoms with Crippen LogP contribution < -0.4 is 5.32 Å². The number of aromatic nitrogens is 1. The van der Waals surface area contributed by atoms with Gasteiger partial charge in [0.1, 0.15) is 12.3 Å². The largest absolute Gasteiger partial charge is 0.449 e. The van der Waals surface area contributed by atoms with Crippen LogP contribution in [0.5, 0.6) is 0 Å². The van der Waals surface area contributed by atoms with Crippen molar-refractivity contribution in [3.05, 3.63) is 95.3 Å². The number of pyridine rings is 1. The Bertz CT molecular complexity index is 1100. The minimum atomic E-state index is -4.48. The van der Waals surface area contributed by atoms with Crippen LogP contribution in [-0.2, 0) is 10.9 Å². The van der Waals surface area contributed by atoms with E-state index in [0.29, 0.717) is 13.0 Å². The molecule has 0 fully saturated rings. The van der Waals surface area contributed by atoms with Crippen LogP contribution in [-0.4, -0.2) is 24.2 Å². The Balaban J connectivity index is 1.26. The van der Waals surface area contributed by atoms with Crippen LogP contribution in [0.2, 0.25) is 0 Å². The minimum Gasteiger partial charge on any atom is -0.449 e. The third kappa shape index (κ3) is 4.82. The van der Waals surface area contributed by atoms with Crippen molar-refractivity contribution in [1.82, 2.24) is 10.3 Å². The molecule has 1 amide bonds. The molecule has 164 valence electrons. The summed E-state index contributed by atoms with van der Waals surface area (Å²) in [6.07, 6.45) is -1.42. The smallest absolute Gasteiger partial charge is 0.433 e. The fourth-order valence-electron chi connectivity index (χ4n) is 3.81. The molecular weight excluding hydrogens is 417 g/mol. The number of alkyl carbamates (subject to hydrolysis) is 1. The summed E-state index contributed by atoms with van der Waals surface area (Å²) >= 11 is 0. The molecule has 1 N–H and O–H groups in total. The molecule has 32 heavy (non-hydrogen) atoms. The van der Waals surface area contributed by atoms with Gasteiger partial charge in [0.15, 0.2) is 0 Å². The molecule has 7 heteroatoms. The lowest BCUT2D eigenvalue weighted by Crippen LogP contribution is -2.26. The number of rotatable bonds is 6. The summed E-state index contributed by atoms with van der Waals surface area (Å²) in [5.74, 6) is -0.0139. The third-order valence-corrected chi connectivity index (χ3v) is 5.27. The van der Waals surface area contributed by atoms with Gasteiger partial charge in [-0.05, 0) is 46.9 Å². The lowest BCUT2D eigenvalue weighted by Gasteiger charge is -2.14. The highest BCUT2D eigenvalue weighted by Gasteiger charge is 2.32. The van der Waals surface area contributed by atoms with Crippen molar-refractivity contribution in [3.8, 4) is 11.1 Å². The maximum absolute atomic E-state index is 12.7. The molecule has 1 aliphatic carbocycles. The molecule has 0 saturated carbocycles. The number of carbonyl (C=O) groups excluding carboxylic acids is 1. The Morgan fingerprint density at radius 3 is 2.28 bits per heavy atom. The zero-order chi connectivity index (χ0) is 22.6. The molecular formula is C25H21F3N2O2. The highest BCUT2D eigenvalue weighted by Crippen LogP contribution is 2.44. The van der Waals surface area contributed by atoms with E-state index in [1.54, 1.807) is 6.08 Å². The van der Waals surface area contributed by atoms with Gasteiger partial charge in [-0.25, -0.2) is 9.78 Å². The number of carbonyl (C=O) groups is 1. The van der Waals surface area contributed by atoms with Crippen molar-refractivity contribution < 1.29 is 22.7 Å². The number of nitrogens with zero attached hydrogens (tertiary/aromatic N) is 1. The van der Waals surface area contributed by atoms with E-state index in [1.807, 2.05) is 36.4 Å². The Labute approximate surface area is 183 Å². The van der Waals surface area contributed by atoms with Crippen molar-refractivity contribution >= 4 is 12.2 Å². The van der Waals surface area contributed by atoms with Gasteiger partial charge in [0.2, 0.25) is 0 Å². The zero-order valence-corrected chi connectivity index (χ0v) is 17.1. The van der Waals surface area contributed by atoms with Crippen LogP contribution in [0.1, 0.15) is 34.9 Å². The number of nitrogens with one attached hydrogen (secondary N) is 1. The Morgan fingerprint density at radius 2 is 1.62 bits per heavy atom. The Kier molecular flexibility index (Phi) is 6.25. The Hall–Kier alpha value is -3.61. The SMILES string of the molecule is O=C(NCCC=Cc1cccc(C(F)(F)F)n1)OCC1c2ccccc2-c2ccccc21. The number of amides is 1. The number of hydrogen-bond donors (Lipinski definition) is 1. The third-order valence-electron chi connectivity index (χ3n) is 5.27. The number of ether oxygens (including phenoxy) is 1. The van der Waals surface area contributed by atoms with Crippen LogP contribution in [0.3, 0.4) is 0 Å². The number of alkyl halides is 3. The molecule has 0 aliphatic heterocycles. The lowest BCUT2D eigenvalue weighted by molar-refractivity contribution is -0.141. The van der Waals surface area contributed by atoms with E-state index >= 15 is 0 Å². The summed E-state index contributed by atoms with van der Waals surface area (Å²) in [5, 5.41) is 2.66. The average molecular weight is 438 g/mol. The summed E-state index contributed by atoms with van der Waals surface area (Å²) in [4.78, 5) is 15.7. The van der Waals surface area contributed by atoms with Gasteiger partial charge in [-0.3, -0.25) is 0 Å². The van der Waals surface area contributed by atoms with Gasteiger partial charge in [-0.15, -0.1) is 0 Å². The maximum atomic E-state index is 12.7. The lowest BCUT2D eigenvalue weighted by atomic mass is 9.98. The van der Waals surface area contributed by atoms with Gasteiger partial charge in [-0.2, -0.15) is 13.2 Å². The second kappa shape index (κ2) is 9.26. The monoisotopic (exact) mass is 438 g/mol. The minimum absolute atomic E-state index is 0.0139. The first-order valence-electron chi connectivity index (χ1n) is 10.2. The first kappa shape index (κ1) is 21.6. The second-order valence-corrected chi connectivity index (χ2v) is 7.39. The molecule has 0 atom stereocenters. The van der Waals surface area contributed by atoms with Gasteiger partial charge in [0, 0.05) is 12.5 Å². The van der Waals surface area contributed by atoms with Crippen molar-refractivity contribution in [2.75, 3.05) is 13.2 Å². The van der Waals surface area contributed by atoms with E-state index in [2.05, 4.69) is 22.4 Å². The standard InChI is InChI=1S/C25H21F3N2O2/c26-25(27,28)23-14-7-9-17(30-23)8-5-6-15-29-24(31)32-16-22-20-12-3-1-10-18(20)19-11-2-4-13-21(19)22/h1-5,7-14,22H,6,15-16H2,(H,29,31). The van der Waals surface area contributed by atoms with Crippen molar-refractivity contribution in [2.45, 2.75) is 18.5 Å². The zero-order valence-electron chi connectivity index (χ0n) is 17.1. The van der Waals surface area contributed by atoms with E-state index in [0.717, 1.165) is 28.3 Å². The number of fused-ring (bicyclic) bond motifs is 3. The quantitative estimate of drug-likeness (QED) is 0.477. The normalized spacial score (nSPS) is 13.1. The van der Waals surface area contributed by atoms with Crippen molar-refractivity contribution in [1.29, 1.82) is 0 Å². The fourth-order valence-corrected chi connectivity index (χ4v) is 3.81. The molecule has 4 rings (SSSR count). The molecule has 0 bridgehead atoms. The van der Waals surface area contributed by atoms with Crippen LogP contribution in [0.4, 0.5) is 18.0 Å². The molecule has 0 radical (unpaired) electrons. The van der Waals surface area contributed by atoms with Crippen molar-refractivity contribution in [3.63, 3.8) is 0 Å². The Morgan fingerprint density at radius 1 is 0.969 bits per heavy atom. The van der Waals surface area contributed by atoms with Crippen LogP contribution in [0.15, 0.2) is 72.8 Å². The second-order valence-electron chi connectivity index (χ2n) is 7.39. The predicted molar refractivity (Wildman–Crippen MR) is 116 cm³/mol. The molecule has 1 aliphatic rings.